The minimum absolute atomic E-state index is 0.809. The molecule has 1 aromatic carbocycles. The summed E-state index contributed by atoms with van der Waals surface area (Å²) < 4.78 is 5.53. The lowest BCUT2D eigenvalue weighted by Crippen LogP contribution is -2.47. The van der Waals surface area contributed by atoms with Crippen molar-refractivity contribution in [1.29, 1.82) is 0 Å². The van der Waals surface area contributed by atoms with Crippen LogP contribution in [-0.2, 0) is 0 Å². The number of methoxy groups -OCH3 is 1. The van der Waals surface area contributed by atoms with E-state index in [9.17, 15) is 0 Å². The molecule has 0 radical (unpaired) electrons. The molecule has 3 heterocycles. The monoisotopic (exact) mass is 381 g/mol. The van der Waals surface area contributed by atoms with Crippen LogP contribution in [0.1, 0.15) is 25.5 Å². The molecule has 150 valence electrons. The Bertz CT molecular complexity index is 795. The number of aryl methyl sites for hydroxylation is 1. The molecular formula is C22H31N5O. The molecule has 0 bridgehead atoms. The van der Waals surface area contributed by atoms with Crippen LogP contribution in [0.15, 0.2) is 30.3 Å². The minimum atomic E-state index is 0.809. The lowest BCUT2D eigenvalue weighted by Gasteiger charge is -2.37. The number of rotatable bonds is 4. The zero-order chi connectivity index (χ0) is 19.5. The maximum Gasteiger partial charge on any atom is 0.227 e. The third-order valence-electron chi connectivity index (χ3n) is 5.92. The van der Waals surface area contributed by atoms with Crippen LogP contribution < -0.4 is 19.4 Å². The molecule has 2 aromatic rings. The van der Waals surface area contributed by atoms with Gasteiger partial charge in [-0.25, -0.2) is 4.98 Å². The van der Waals surface area contributed by atoms with Gasteiger partial charge in [-0.1, -0.05) is 19.1 Å². The molecule has 1 aromatic heterocycles. The van der Waals surface area contributed by atoms with E-state index in [-0.39, 0.29) is 0 Å². The number of benzene rings is 1. The fraction of sp³-hybridized carbons (Fsp3) is 0.545. The van der Waals surface area contributed by atoms with Gasteiger partial charge in [0.15, 0.2) is 0 Å². The van der Waals surface area contributed by atoms with Crippen molar-refractivity contribution in [3.8, 4) is 5.75 Å². The van der Waals surface area contributed by atoms with Crippen molar-refractivity contribution in [2.45, 2.75) is 26.7 Å². The second kappa shape index (κ2) is 8.25. The molecule has 6 nitrogen and oxygen atoms in total. The van der Waals surface area contributed by atoms with Gasteiger partial charge < -0.3 is 19.4 Å². The van der Waals surface area contributed by atoms with Crippen molar-refractivity contribution >= 4 is 17.5 Å². The number of ether oxygens (including phenoxy) is 1. The molecule has 0 atom stereocenters. The Hall–Kier alpha value is -2.50. The van der Waals surface area contributed by atoms with Crippen molar-refractivity contribution in [3.63, 3.8) is 0 Å². The first-order chi connectivity index (χ1) is 13.6. The number of nitrogens with zero attached hydrogens (tertiary/aromatic N) is 5. The number of hydrogen-bond donors (Lipinski definition) is 0. The number of hydrogen-bond acceptors (Lipinski definition) is 6. The first kappa shape index (κ1) is 18.8. The van der Waals surface area contributed by atoms with Crippen molar-refractivity contribution in [3.05, 3.63) is 36.0 Å². The molecule has 0 saturated carbocycles. The number of aromatic nitrogens is 2. The average molecular weight is 382 g/mol. The molecule has 6 heteroatoms. The van der Waals surface area contributed by atoms with Gasteiger partial charge in [-0.15, -0.1) is 0 Å². The van der Waals surface area contributed by atoms with Gasteiger partial charge in [0.25, 0.3) is 0 Å². The number of anilines is 3. The van der Waals surface area contributed by atoms with Crippen LogP contribution in [-0.4, -0.2) is 56.3 Å². The van der Waals surface area contributed by atoms with E-state index in [4.69, 9.17) is 14.7 Å². The fourth-order valence-electron chi connectivity index (χ4n) is 4.12. The number of para-hydroxylation sites is 2. The number of piperazine rings is 1. The maximum absolute atomic E-state index is 5.53. The van der Waals surface area contributed by atoms with E-state index < -0.39 is 0 Å². The summed E-state index contributed by atoms with van der Waals surface area (Å²) in [5, 5.41) is 0. The molecule has 2 aliphatic heterocycles. The fourth-order valence-corrected chi connectivity index (χ4v) is 4.12. The van der Waals surface area contributed by atoms with E-state index in [0.717, 1.165) is 68.4 Å². The summed E-state index contributed by atoms with van der Waals surface area (Å²) in [4.78, 5) is 16.8. The van der Waals surface area contributed by atoms with Gasteiger partial charge in [0.05, 0.1) is 12.8 Å². The molecule has 0 amide bonds. The summed E-state index contributed by atoms with van der Waals surface area (Å²) in [6, 6.07) is 10.4. The Balaban J connectivity index is 1.46. The standard InChI is InChI=1S/C22H31N5O/c1-17-8-10-27(11-9-17)22-23-18(2)16-21(24-22)26-14-12-25(13-15-26)19-6-4-5-7-20(19)28-3/h4-7,16-17H,8-15H2,1-3H3. The first-order valence-electron chi connectivity index (χ1n) is 10.4. The zero-order valence-electron chi connectivity index (χ0n) is 17.3. The van der Waals surface area contributed by atoms with Crippen LogP contribution in [0.2, 0.25) is 0 Å². The Morgan fingerprint density at radius 2 is 1.57 bits per heavy atom. The highest BCUT2D eigenvalue weighted by atomic mass is 16.5. The van der Waals surface area contributed by atoms with E-state index >= 15 is 0 Å². The molecule has 2 saturated heterocycles. The van der Waals surface area contributed by atoms with Gasteiger partial charge >= 0.3 is 0 Å². The topological polar surface area (TPSA) is 44.7 Å². The summed E-state index contributed by atoms with van der Waals surface area (Å²) >= 11 is 0. The van der Waals surface area contributed by atoms with Crippen LogP contribution in [0.5, 0.6) is 5.75 Å². The highest BCUT2D eigenvalue weighted by Crippen LogP contribution is 2.29. The first-order valence-corrected chi connectivity index (χ1v) is 10.4. The molecule has 0 unspecified atom stereocenters. The second-order valence-corrected chi connectivity index (χ2v) is 7.98. The summed E-state index contributed by atoms with van der Waals surface area (Å²) in [5.74, 6) is 3.70. The van der Waals surface area contributed by atoms with Crippen LogP contribution in [0.4, 0.5) is 17.5 Å². The molecule has 0 aliphatic carbocycles. The Morgan fingerprint density at radius 3 is 2.29 bits per heavy atom. The molecule has 28 heavy (non-hydrogen) atoms. The molecule has 2 aliphatic rings. The summed E-state index contributed by atoms with van der Waals surface area (Å²) in [6.45, 7) is 10.3. The summed E-state index contributed by atoms with van der Waals surface area (Å²) in [7, 11) is 1.74. The zero-order valence-corrected chi connectivity index (χ0v) is 17.3. The smallest absolute Gasteiger partial charge is 0.227 e. The second-order valence-electron chi connectivity index (χ2n) is 7.98. The SMILES string of the molecule is COc1ccccc1N1CCN(c2cc(C)nc(N3CCC(C)CC3)n2)CC1. The van der Waals surface area contributed by atoms with Crippen molar-refractivity contribution in [1.82, 2.24) is 9.97 Å². The van der Waals surface area contributed by atoms with Gasteiger partial charge in [0.1, 0.15) is 11.6 Å². The van der Waals surface area contributed by atoms with E-state index in [1.165, 1.54) is 18.5 Å². The lowest BCUT2D eigenvalue weighted by molar-refractivity contribution is 0.413. The number of piperidine rings is 1. The molecule has 0 spiro atoms. The highest BCUT2D eigenvalue weighted by molar-refractivity contribution is 5.59. The van der Waals surface area contributed by atoms with E-state index in [1.54, 1.807) is 7.11 Å². The Kier molecular flexibility index (Phi) is 5.55. The maximum atomic E-state index is 5.53. The third-order valence-corrected chi connectivity index (χ3v) is 5.92. The predicted molar refractivity (Wildman–Crippen MR) is 115 cm³/mol. The van der Waals surface area contributed by atoms with Gasteiger partial charge in [-0.3, -0.25) is 0 Å². The minimum Gasteiger partial charge on any atom is -0.495 e. The van der Waals surface area contributed by atoms with E-state index in [0.29, 0.717) is 0 Å². The van der Waals surface area contributed by atoms with Gasteiger partial charge in [0.2, 0.25) is 5.95 Å². The van der Waals surface area contributed by atoms with Crippen molar-refractivity contribution in [2.75, 3.05) is 61.1 Å². The normalized spacial score (nSPS) is 18.5. The third kappa shape index (κ3) is 4.01. The highest BCUT2D eigenvalue weighted by Gasteiger charge is 2.23. The van der Waals surface area contributed by atoms with Gasteiger partial charge in [-0.05, 0) is 37.8 Å². The van der Waals surface area contributed by atoms with Crippen molar-refractivity contribution < 1.29 is 4.74 Å². The largest absolute Gasteiger partial charge is 0.495 e. The van der Waals surface area contributed by atoms with Gasteiger partial charge in [-0.2, -0.15) is 4.98 Å². The lowest BCUT2D eigenvalue weighted by atomic mass is 10.00. The average Bonchev–Trinajstić information content (AvgIpc) is 2.74. The van der Waals surface area contributed by atoms with Crippen LogP contribution in [0, 0.1) is 12.8 Å². The van der Waals surface area contributed by atoms with Crippen molar-refractivity contribution in [2.24, 2.45) is 5.92 Å². The summed E-state index contributed by atoms with van der Waals surface area (Å²) in [5.41, 5.74) is 2.22. The Labute approximate surface area is 168 Å². The molecule has 0 N–H and O–H groups in total. The van der Waals surface area contributed by atoms with Crippen LogP contribution in [0.25, 0.3) is 0 Å². The van der Waals surface area contributed by atoms with Gasteiger partial charge in [0, 0.05) is 51.0 Å². The molecular weight excluding hydrogens is 350 g/mol. The molecule has 4 rings (SSSR count). The predicted octanol–water partition coefficient (Wildman–Crippen LogP) is 3.36. The summed E-state index contributed by atoms with van der Waals surface area (Å²) in [6.07, 6.45) is 2.45. The molecule has 2 fully saturated rings. The van der Waals surface area contributed by atoms with Crippen LogP contribution in [0.3, 0.4) is 0 Å². The quantitative estimate of drug-likeness (QED) is 0.809. The van der Waals surface area contributed by atoms with Crippen LogP contribution >= 0.6 is 0 Å². The van der Waals surface area contributed by atoms with E-state index in [2.05, 4.69) is 46.7 Å². The Morgan fingerprint density at radius 1 is 0.893 bits per heavy atom. The van der Waals surface area contributed by atoms with E-state index in [1.807, 2.05) is 12.1 Å².